The summed E-state index contributed by atoms with van der Waals surface area (Å²) in [5.41, 5.74) is 0. The quantitative estimate of drug-likeness (QED) is 0.792. The van der Waals surface area contributed by atoms with Gasteiger partial charge in [-0.3, -0.25) is 14.6 Å². The maximum absolute atomic E-state index is 12.5. The van der Waals surface area contributed by atoms with E-state index in [4.69, 9.17) is 5.11 Å². The first-order chi connectivity index (χ1) is 11.3. The zero-order chi connectivity index (χ0) is 17.7. The zero-order valence-electron chi connectivity index (χ0n) is 13.5. The molecule has 0 saturated carbocycles. The van der Waals surface area contributed by atoms with E-state index in [1.165, 1.54) is 22.8 Å². The Morgan fingerprint density at radius 1 is 1.25 bits per heavy atom. The highest BCUT2D eigenvalue weighted by atomic mass is 32.2. The number of hydrogen-bond acceptors (Lipinski definition) is 5. The number of sulfonamides is 1. The molecule has 2 rings (SSSR count). The molecule has 1 unspecified atom stereocenters. The Kier molecular flexibility index (Phi) is 5.89. The van der Waals surface area contributed by atoms with Crippen LogP contribution in [-0.2, 0) is 19.6 Å². The third kappa shape index (κ3) is 4.51. The maximum atomic E-state index is 12.5. The zero-order valence-corrected chi connectivity index (χ0v) is 14.3. The molecule has 0 spiro atoms. The van der Waals surface area contributed by atoms with Gasteiger partial charge >= 0.3 is 5.97 Å². The van der Waals surface area contributed by atoms with Gasteiger partial charge in [0.25, 0.3) is 0 Å². The van der Waals surface area contributed by atoms with Crippen LogP contribution in [0.4, 0.5) is 0 Å². The summed E-state index contributed by atoms with van der Waals surface area (Å²) >= 11 is 0. The van der Waals surface area contributed by atoms with Gasteiger partial charge in [0.2, 0.25) is 15.9 Å². The Morgan fingerprint density at radius 2 is 1.92 bits per heavy atom. The molecule has 1 N–H and O–H groups in total. The smallest absolute Gasteiger partial charge is 0.303 e. The average molecular weight is 355 g/mol. The molecule has 132 valence electrons. The summed E-state index contributed by atoms with van der Waals surface area (Å²) in [4.78, 5) is 28.4. The molecule has 1 aliphatic heterocycles. The number of carboxylic acid groups (broad SMARTS) is 1. The van der Waals surface area contributed by atoms with Crippen LogP contribution in [0.25, 0.3) is 0 Å². The van der Waals surface area contributed by atoms with Crippen molar-refractivity contribution >= 4 is 21.9 Å². The van der Waals surface area contributed by atoms with Gasteiger partial charge in [0.15, 0.2) is 0 Å². The Morgan fingerprint density at radius 3 is 2.46 bits per heavy atom. The predicted molar refractivity (Wildman–Crippen MR) is 85.6 cm³/mol. The van der Waals surface area contributed by atoms with Crippen molar-refractivity contribution in [3.63, 3.8) is 0 Å². The minimum Gasteiger partial charge on any atom is -0.481 e. The number of aromatic nitrogens is 1. The van der Waals surface area contributed by atoms with Crippen molar-refractivity contribution in [1.29, 1.82) is 0 Å². The van der Waals surface area contributed by atoms with E-state index < -0.39 is 16.0 Å². The van der Waals surface area contributed by atoms with Crippen molar-refractivity contribution in [1.82, 2.24) is 14.2 Å². The lowest BCUT2D eigenvalue weighted by atomic mass is 10.0. The summed E-state index contributed by atoms with van der Waals surface area (Å²) in [7, 11) is -3.59. The molecule has 24 heavy (non-hydrogen) atoms. The van der Waals surface area contributed by atoms with Gasteiger partial charge in [-0.05, 0) is 18.1 Å². The number of carboxylic acids is 1. The molecule has 1 aromatic rings. The molecule has 2 heterocycles. The topological polar surface area (TPSA) is 108 Å². The fourth-order valence-corrected chi connectivity index (χ4v) is 4.01. The van der Waals surface area contributed by atoms with E-state index >= 15 is 0 Å². The number of rotatable bonds is 6. The summed E-state index contributed by atoms with van der Waals surface area (Å²) in [5, 5.41) is 8.74. The van der Waals surface area contributed by atoms with Crippen molar-refractivity contribution in [2.75, 3.05) is 26.2 Å². The molecular weight excluding hydrogens is 334 g/mol. The number of carbonyl (C=O) groups excluding carboxylic acids is 1. The van der Waals surface area contributed by atoms with Gasteiger partial charge < -0.3 is 10.0 Å². The summed E-state index contributed by atoms with van der Waals surface area (Å²) in [6.07, 6.45) is 2.91. The Hall–Kier alpha value is -2.00. The van der Waals surface area contributed by atoms with Crippen LogP contribution in [0.15, 0.2) is 29.4 Å². The first-order valence-corrected chi connectivity index (χ1v) is 9.14. The standard InChI is InChI=1S/C15H21N3O5S/c1-12(10-15(20)21)9-14(19)17-5-7-18(8-6-17)24(22,23)13-3-2-4-16-11-13/h2-4,11-12H,5-10H2,1H3,(H,20,21). The average Bonchev–Trinajstić information content (AvgIpc) is 2.55. The van der Waals surface area contributed by atoms with E-state index in [2.05, 4.69) is 4.98 Å². The number of nitrogens with zero attached hydrogens (tertiary/aromatic N) is 3. The third-order valence-corrected chi connectivity index (χ3v) is 5.79. The predicted octanol–water partition coefficient (Wildman–Crippen LogP) is 0.415. The maximum Gasteiger partial charge on any atom is 0.303 e. The Labute approximate surface area is 141 Å². The Bertz CT molecular complexity index is 684. The molecule has 0 radical (unpaired) electrons. The van der Waals surface area contributed by atoms with Crippen LogP contribution in [0, 0.1) is 5.92 Å². The van der Waals surface area contributed by atoms with Gasteiger partial charge in [0.05, 0.1) is 0 Å². The summed E-state index contributed by atoms with van der Waals surface area (Å²) in [5.74, 6) is -1.31. The van der Waals surface area contributed by atoms with Crippen molar-refractivity contribution in [3.8, 4) is 0 Å². The van der Waals surface area contributed by atoms with Gasteiger partial charge in [0, 0.05) is 51.4 Å². The van der Waals surface area contributed by atoms with Crippen LogP contribution in [-0.4, -0.2) is 65.8 Å². The van der Waals surface area contributed by atoms with E-state index in [0.717, 1.165) is 0 Å². The molecular formula is C15H21N3O5S. The number of piperazine rings is 1. The lowest BCUT2D eigenvalue weighted by Crippen LogP contribution is -2.50. The van der Waals surface area contributed by atoms with Crippen LogP contribution < -0.4 is 0 Å². The lowest BCUT2D eigenvalue weighted by Gasteiger charge is -2.34. The molecule has 0 bridgehead atoms. The summed E-state index contributed by atoms with van der Waals surface area (Å²) in [6.45, 7) is 2.76. The fraction of sp³-hybridized carbons (Fsp3) is 0.533. The lowest BCUT2D eigenvalue weighted by molar-refractivity contribution is -0.138. The van der Waals surface area contributed by atoms with E-state index in [9.17, 15) is 18.0 Å². The molecule has 1 aromatic heterocycles. The molecule has 1 fully saturated rings. The highest BCUT2D eigenvalue weighted by molar-refractivity contribution is 7.89. The second-order valence-electron chi connectivity index (χ2n) is 5.88. The second-order valence-corrected chi connectivity index (χ2v) is 7.82. The summed E-state index contributed by atoms with van der Waals surface area (Å²) in [6, 6.07) is 3.06. The number of amides is 1. The minimum atomic E-state index is -3.59. The first kappa shape index (κ1) is 18.3. The molecule has 9 heteroatoms. The monoisotopic (exact) mass is 355 g/mol. The third-order valence-electron chi connectivity index (χ3n) is 3.91. The van der Waals surface area contributed by atoms with Crippen molar-refractivity contribution in [2.24, 2.45) is 5.92 Å². The largest absolute Gasteiger partial charge is 0.481 e. The molecule has 1 aliphatic rings. The van der Waals surface area contributed by atoms with Crippen LogP contribution in [0.1, 0.15) is 19.8 Å². The van der Waals surface area contributed by atoms with Crippen LogP contribution in [0.3, 0.4) is 0 Å². The SMILES string of the molecule is CC(CC(=O)O)CC(=O)N1CCN(S(=O)(=O)c2cccnc2)CC1. The molecule has 8 nitrogen and oxygen atoms in total. The van der Waals surface area contributed by atoms with E-state index in [1.54, 1.807) is 17.9 Å². The first-order valence-electron chi connectivity index (χ1n) is 7.70. The molecule has 1 atom stereocenters. The van der Waals surface area contributed by atoms with Gasteiger partial charge in [-0.2, -0.15) is 4.31 Å². The highest BCUT2D eigenvalue weighted by Gasteiger charge is 2.30. The fourth-order valence-electron chi connectivity index (χ4n) is 2.62. The van der Waals surface area contributed by atoms with Gasteiger partial charge in [-0.25, -0.2) is 8.42 Å². The van der Waals surface area contributed by atoms with E-state index in [0.29, 0.717) is 13.1 Å². The number of pyridine rings is 1. The van der Waals surface area contributed by atoms with E-state index in [-0.39, 0.29) is 42.7 Å². The molecule has 1 amide bonds. The van der Waals surface area contributed by atoms with Crippen LogP contribution in [0.5, 0.6) is 0 Å². The number of carbonyl (C=O) groups is 2. The van der Waals surface area contributed by atoms with Gasteiger partial charge in [-0.15, -0.1) is 0 Å². The normalized spacial score (nSPS) is 17.5. The molecule has 0 aliphatic carbocycles. The Balaban J connectivity index is 1.91. The van der Waals surface area contributed by atoms with Crippen molar-refractivity contribution < 1.29 is 23.1 Å². The van der Waals surface area contributed by atoms with Crippen LogP contribution in [0.2, 0.25) is 0 Å². The van der Waals surface area contributed by atoms with E-state index in [1.807, 2.05) is 0 Å². The molecule has 1 saturated heterocycles. The number of aliphatic carboxylic acids is 1. The van der Waals surface area contributed by atoms with Crippen LogP contribution >= 0.6 is 0 Å². The highest BCUT2D eigenvalue weighted by Crippen LogP contribution is 2.18. The number of hydrogen-bond donors (Lipinski definition) is 1. The summed E-state index contributed by atoms with van der Waals surface area (Å²) < 4.78 is 26.3. The van der Waals surface area contributed by atoms with Crippen molar-refractivity contribution in [3.05, 3.63) is 24.5 Å². The minimum absolute atomic E-state index is 0.0545. The van der Waals surface area contributed by atoms with Gasteiger partial charge in [-0.1, -0.05) is 6.92 Å². The van der Waals surface area contributed by atoms with Gasteiger partial charge in [0.1, 0.15) is 4.90 Å². The second kappa shape index (κ2) is 7.71. The van der Waals surface area contributed by atoms with Crippen molar-refractivity contribution in [2.45, 2.75) is 24.7 Å². The molecule has 0 aromatic carbocycles.